The number of carbonyl (C=O) groups is 1. The molecule has 1 aliphatic heterocycles. The minimum atomic E-state index is -2.97. The molecule has 4 atom stereocenters. The second kappa shape index (κ2) is 5.79. The first-order chi connectivity index (χ1) is 8.87. The number of nitrogens with two attached hydrogens (primary N) is 1. The third kappa shape index (κ3) is 3.92. The SMILES string of the molecule is CC1CCC(C(=O)NC2CCCS(=O)(=O)C2)CC1N. The first-order valence-corrected chi connectivity index (χ1v) is 8.96. The molecule has 0 radical (unpaired) electrons. The fraction of sp³-hybridized carbons (Fsp3) is 0.923. The summed E-state index contributed by atoms with van der Waals surface area (Å²) in [6.45, 7) is 2.12. The Bertz CT molecular complexity index is 435. The monoisotopic (exact) mass is 288 g/mol. The van der Waals surface area contributed by atoms with Gasteiger partial charge in [-0.05, 0) is 38.0 Å². The van der Waals surface area contributed by atoms with Crippen molar-refractivity contribution in [1.82, 2.24) is 5.32 Å². The van der Waals surface area contributed by atoms with Crippen LogP contribution in [0.5, 0.6) is 0 Å². The summed E-state index contributed by atoms with van der Waals surface area (Å²) in [5.41, 5.74) is 6.01. The fourth-order valence-electron chi connectivity index (χ4n) is 3.05. The van der Waals surface area contributed by atoms with E-state index in [0.29, 0.717) is 18.8 Å². The molecule has 0 aromatic rings. The summed E-state index contributed by atoms with van der Waals surface area (Å²) in [4.78, 5) is 12.2. The van der Waals surface area contributed by atoms with E-state index in [1.807, 2.05) is 0 Å². The van der Waals surface area contributed by atoms with Crippen molar-refractivity contribution in [3.05, 3.63) is 0 Å². The van der Waals surface area contributed by atoms with E-state index in [-0.39, 0.29) is 35.4 Å². The highest BCUT2D eigenvalue weighted by atomic mass is 32.2. The highest BCUT2D eigenvalue weighted by molar-refractivity contribution is 7.91. The summed E-state index contributed by atoms with van der Waals surface area (Å²) >= 11 is 0. The average molecular weight is 288 g/mol. The first kappa shape index (κ1) is 14.8. The van der Waals surface area contributed by atoms with Crippen molar-refractivity contribution in [1.29, 1.82) is 0 Å². The Morgan fingerprint density at radius 3 is 2.63 bits per heavy atom. The second-order valence-corrected chi connectivity index (χ2v) is 8.34. The van der Waals surface area contributed by atoms with Gasteiger partial charge in [0.25, 0.3) is 0 Å². The summed E-state index contributed by atoms with van der Waals surface area (Å²) in [6.07, 6.45) is 3.96. The maximum Gasteiger partial charge on any atom is 0.223 e. The summed E-state index contributed by atoms with van der Waals surface area (Å²) in [7, 11) is -2.97. The van der Waals surface area contributed by atoms with Crippen molar-refractivity contribution >= 4 is 15.7 Å². The number of sulfone groups is 1. The molecule has 1 amide bonds. The molecule has 0 aromatic heterocycles. The van der Waals surface area contributed by atoms with Gasteiger partial charge < -0.3 is 11.1 Å². The van der Waals surface area contributed by atoms with Crippen LogP contribution < -0.4 is 11.1 Å². The molecule has 6 heteroatoms. The Morgan fingerprint density at radius 2 is 2.00 bits per heavy atom. The molecular weight excluding hydrogens is 264 g/mol. The predicted octanol–water partition coefficient (Wildman–Crippen LogP) is 0.443. The third-order valence-corrected chi connectivity index (χ3v) is 6.26. The molecule has 5 nitrogen and oxygen atoms in total. The summed E-state index contributed by atoms with van der Waals surface area (Å²) in [5.74, 6) is 0.762. The Balaban J connectivity index is 1.87. The number of hydrogen-bond acceptors (Lipinski definition) is 4. The standard InChI is InChI=1S/C13H24N2O3S/c1-9-4-5-10(7-12(9)14)13(16)15-11-3-2-6-19(17,18)8-11/h9-12H,2-8,14H2,1H3,(H,15,16). The smallest absolute Gasteiger partial charge is 0.223 e. The molecule has 0 spiro atoms. The molecule has 1 saturated carbocycles. The van der Waals surface area contributed by atoms with Gasteiger partial charge >= 0.3 is 0 Å². The van der Waals surface area contributed by atoms with Crippen LogP contribution >= 0.6 is 0 Å². The van der Waals surface area contributed by atoms with Gasteiger partial charge in [0.15, 0.2) is 9.84 Å². The summed E-state index contributed by atoms with van der Waals surface area (Å²) < 4.78 is 23.1. The van der Waals surface area contributed by atoms with Gasteiger partial charge in [-0.3, -0.25) is 4.79 Å². The topological polar surface area (TPSA) is 89.3 Å². The van der Waals surface area contributed by atoms with Crippen molar-refractivity contribution in [2.24, 2.45) is 17.6 Å². The molecule has 2 aliphatic rings. The molecule has 4 unspecified atom stereocenters. The van der Waals surface area contributed by atoms with Crippen LogP contribution in [-0.2, 0) is 14.6 Å². The van der Waals surface area contributed by atoms with Crippen LogP contribution in [0.3, 0.4) is 0 Å². The highest BCUT2D eigenvalue weighted by Crippen LogP contribution is 2.28. The molecule has 2 rings (SSSR count). The molecule has 1 saturated heterocycles. The Hall–Kier alpha value is -0.620. The molecular formula is C13H24N2O3S. The minimum absolute atomic E-state index is 0.00977. The largest absolute Gasteiger partial charge is 0.352 e. The van der Waals surface area contributed by atoms with Crippen LogP contribution in [0.1, 0.15) is 39.0 Å². The molecule has 1 aliphatic carbocycles. The lowest BCUT2D eigenvalue weighted by molar-refractivity contribution is -0.127. The van der Waals surface area contributed by atoms with Crippen LogP contribution in [0.15, 0.2) is 0 Å². The van der Waals surface area contributed by atoms with E-state index >= 15 is 0 Å². The van der Waals surface area contributed by atoms with Crippen molar-refractivity contribution in [2.45, 2.75) is 51.1 Å². The predicted molar refractivity (Wildman–Crippen MR) is 74.3 cm³/mol. The second-order valence-electron chi connectivity index (χ2n) is 6.11. The maximum atomic E-state index is 12.2. The molecule has 19 heavy (non-hydrogen) atoms. The average Bonchev–Trinajstić information content (AvgIpc) is 2.31. The van der Waals surface area contributed by atoms with E-state index in [9.17, 15) is 13.2 Å². The lowest BCUT2D eigenvalue weighted by Crippen LogP contribution is -2.48. The van der Waals surface area contributed by atoms with Crippen LogP contribution in [0.4, 0.5) is 0 Å². The number of carbonyl (C=O) groups excluding carboxylic acids is 1. The molecule has 0 bridgehead atoms. The highest BCUT2D eigenvalue weighted by Gasteiger charge is 2.32. The van der Waals surface area contributed by atoms with Crippen LogP contribution in [0.25, 0.3) is 0 Å². The Kier molecular flexibility index (Phi) is 4.50. The number of amides is 1. The van der Waals surface area contributed by atoms with Crippen LogP contribution in [-0.4, -0.2) is 37.9 Å². The minimum Gasteiger partial charge on any atom is -0.352 e. The van der Waals surface area contributed by atoms with Gasteiger partial charge in [-0.1, -0.05) is 6.92 Å². The molecule has 110 valence electrons. The van der Waals surface area contributed by atoms with Crippen LogP contribution in [0.2, 0.25) is 0 Å². The number of nitrogens with one attached hydrogen (secondary N) is 1. The van der Waals surface area contributed by atoms with Crippen molar-refractivity contribution in [3.63, 3.8) is 0 Å². The van der Waals surface area contributed by atoms with Gasteiger partial charge in [-0.25, -0.2) is 8.42 Å². The molecule has 1 heterocycles. The van der Waals surface area contributed by atoms with E-state index in [4.69, 9.17) is 5.73 Å². The van der Waals surface area contributed by atoms with Gasteiger partial charge in [0.1, 0.15) is 0 Å². The molecule has 3 N–H and O–H groups in total. The zero-order valence-corrected chi connectivity index (χ0v) is 12.3. The van der Waals surface area contributed by atoms with Gasteiger partial charge in [0.2, 0.25) is 5.91 Å². The fourth-order valence-corrected chi connectivity index (χ4v) is 4.69. The number of rotatable bonds is 2. The maximum absolute atomic E-state index is 12.2. The lowest BCUT2D eigenvalue weighted by Gasteiger charge is -2.32. The van der Waals surface area contributed by atoms with Crippen molar-refractivity contribution in [2.75, 3.05) is 11.5 Å². The van der Waals surface area contributed by atoms with E-state index in [0.717, 1.165) is 19.3 Å². The molecule has 0 aromatic carbocycles. The summed E-state index contributed by atoms with van der Waals surface area (Å²) in [5, 5.41) is 2.91. The first-order valence-electron chi connectivity index (χ1n) is 7.14. The van der Waals surface area contributed by atoms with E-state index in [2.05, 4.69) is 12.2 Å². The van der Waals surface area contributed by atoms with E-state index in [1.54, 1.807) is 0 Å². The Labute approximate surface area is 115 Å². The number of hydrogen-bond donors (Lipinski definition) is 2. The van der Waals surface area contributed by atoms with Crippen LogP contribution in [0, 0.1) is 11.8 Å². The zero-order chi connectivity index (χ0) is 14.0. The quantitative estimate of drug-likeness (QED) is 0.772. The zero-order valence-electron chi connectivity index (χ0n) is 11.5. The Morgan fingerprint density at radius 1 is 1.26 bits per heavy atom. The van der Waals surface area contributed by atoms with E-state index in [1.165, 1.54) is 0 Å². The van der Waals surface area contributed by atoms with Crippen molar-refractivity contribution < 1.29 is 13.2 Å². The lowest BCUT2D eigenvalue weighted by atomic mass is 9.79. The summed E-state index contributed by atoms with van der Waals surface area (Å²) in [6, 6.07) is -0.124. The third-order valence-electron chi connectivity index (χ3n) is 4.44. The van der Waals surface area contributed by atoms with Gasteiger partial charge in [-0.15, -0.1) is 0 Å². The van der Waals surface area contributed by atoms with E-state index < -0.39 is 9.84 Å². The van der Waals surface area contributed by atoms with Gasteiger partial charge in [-0.2, -0.15) is 0 Å². The van der Waals surface area contributed by atoms with Gasteiger partial charge in [0.05, 0.1) is 11.5 Å². The van der Waals surface area contributed by atoms with Crippen molar-refractivity contribution in [3.8, 4) is 0 Å². The normalized spacial score (nSPS) is 38.6. The molecule has 2 fully saturated rings. The van der Waals surface area contributed by atoms with Gasteiger partial charge in [0, 0.05) is 18.0 Å².